The molecular weight excluding hydrogens is 250 g/mol. The lowest BCUT2D eigenvalue weighted by atomic mass is 10.1. The number of nitrogens with two attached hydrogens (primary N) is 1. The van der Waals surface area contributed by atoms with Gasteiger partial charge >= 0.3 is 0 Å². The smallest absolute Gasteiger partial charge is 0.138 e. The fourth-order valence-corrected chi connectivity index (χ4v) is 2.99. The van der Waals surface area contributed by atoms with Crippen LogP contribution in [0.5, 0.6) is 0 Å². The van der Waals surface area contributed by atoms with Gasteiger partial charge in [0.2, 0.25) is 0 Å². The van der Waals surface area contributed by atoms with Crippen LogP contribution >= 0.6 is 24.0 Å². The second-order valence-electron chi connectivity index (χ2n) is 4.16. The molecule has 0 aliphatic carbocycles. The van der Waals surface area contributed by atoms with Crippen molar-refractivity contribution in [2.45, 2.75) is 18.1 Å². The van der Waals surface area contributed by atoms with Crippen molar-refractivity contribution in [1.82, 2.24) is 4.98 Å². The highest BCUT2D eigenvalue weighted by molar-refractivity contribution is 7.99. The minimum atomic E-state index is 0.431. The normalized spacial score (nSPS) is 17.1. The number of hydrogen-bond acceptors (Lipinski definition) is 4. The lowest BCUT2D eigenvalue weighted by molar-refractivity contribution is 0.587. The summed E-state index contributed by atoms with van der Waals surface area (Å²) >= 11 is 7.03. The highest BCUT2D eigenvalue weighted by Crippen LogP contribution is 2.26. The van der Waals surface area contributed by atoms with Gasteiger partial charge in [-0.2, -0.15) is 11.8 Å². The topological polar surface area (TPSA) is 42.2 Å². The van der Waals surface area contributed by atoms with Crippen molar-refractivity contribution >= 4 is 34.8 Å². The zero-order valence-electron chi connectivity index (χ0n) is 9.93. The van der Waals surface area contributed by atoms with Gasteiger partial charge in [-0.1, -0.05) is 12.2 Å². The summed E-state index contributed by atoms with van der Waals surface area (Å²) in [6, 6.07) is 3.83. The summed E-state index contributed by atoms with van der Waals surface area (Å²) < 4.78 is 0. The third-order valence-electron chi connectivity index (χ3n) is 3.13. The van der Waals surface area contributed by atoms with E-state index in [4.69, 9.17) is 18.0 Å². The van der Waals surface area contributed by atoms with E-state index in [1.165, 1.54) is 12.8 Å². The van der Waals surface area contributed by atoms with Crippen LogP contribution in [-0.2, 0) is 0 Å². The molecule has 2 N–H and O–H groups in total. The van der Waals surface area contributed by atoms with Crippen molar-refractivity contribution in [3.63, 3.8) is 0 Å². The molecule has 5 heteroatoms. The number of thioether (sulfide) groups is 1. The minimum absolute atomic E-state index is 0.431. The molecule has 0 atom stereocenters. The molecule has 2 heterocycles. The van der Waals surface area contributed by atoms with Crippen LogP contribution < -0.4 is 10.6 Å². The molecule has 1 aliphatic rings. The SMILES string of the molecule is CSC1CCN(c2ncccc2C(N)=S)CC1. The van der Waals surface area contributed by atoms with Crippen molar-refractivity contribution in [2.24, 2.45) is 5.73 Å². The van der Waals surface area contributed by atoms with Gasteiger partial charge in [0.05, 0.1) is 5.56 Å². The number of piperidine rings is 1. The Balaban J connectivity index is 2.15. The number of pyridine rings is 1. The first kappa shape index (κ1) is 12.6. The Hall–Kier alpha value is -0.810. The summed E-state index contributed by atoms with van der Waals surface area (Å²) in [4.78, 5) is 7.15. The summed E-state index contributed by atoms with van der Waals surface area (Å²) in [5, 5.41) is 0.781. The summed E-state index contributed by atoms with van der Waals surface area (Å²) in [5.41, 5.74) is 6.63. The van der Waals surface area contributed by atoms with Crippen molar-refractivity contribution in [3.05, 3.63) is 23.9 Å². The maximum Gasteiger partial charge on any atom is 0.138 e. The third kappa shape index (κ3) is 2.90. The Bertz CT molecular complexity index is 400. The Morgan fingerprint density at radius 3 is 2.82 bits per heavy atom. The van der Waals surface area contributed by atoms with Gasteiger partial charge in [-0.3, -0.25) is 0 Å². The van der Waals surface area contributed by atoms with E-state index < -0.39 is 0 Å². The highest BCUT2D eigenvalue weighted by Gasteiger charge is 2.21. The number of aromatic nitrogens is 1. The van der Waals surface area contributed by atoms with Crippen LogP contribution in [0.2, 0.25) is 0 Å². The zero-order valence-corrected chi connectivity index (χ0v) is 11.6. The van der Waals surface area contributed by atoms with Crippen LogP contribution in [0, 0.1) is 0 Å². The van der Waals surface area contributed by atoms with Crippen molar-refractivity contribution in [2.75, 3.05) is 24.2 Å². The lowest BCUT2D eigenvalue weighted by Crippen LogP contribution is -2.36. The number of anilines is 1. The predicted molar refractivity (Wildman–Crippen MR) is 78.9 cm³/mol. The fourth-order valence-electron chi connectivity index (χ4n) is 2.14. The zero-order chi connectivity index (χ0) is 12.3. The standard InChI is InChI=1S/C12H17N3S2/c1-17-9-4-7-15(8-5-9)12-10(11(13)16)3-2-6-14-12/h2-3,6,9H,4-5,7-8H2,1H3,(H2,13,16). The van der Waals surface area contributed by atoms with Gasteiger partial charge in [0, 0.05) is 24.5 Å². The van der Waals surface area contributed by atoms with Crippen LogP contribution in [0.3, 0.4) is 0 Å². The molecule has 0 unspecified atom stereocenters. The molecule has 2 rings (SSSR count). The van der Waals surface area contributed by atoms with E-state index in [0.717, 1.165) is 29.7 Å². The summed E-state index contributed by atoms with van der Waals surface area (Å²) in [6.07, 6.45) is 6.39. The van der Waals surface area contributed by atoms with Gasteiger partial charge in [-0.25, -0.2) is 4.98 Å². The van der Waals surface area contributed by atoms with E-state index in [9.17, 15) is 0 Å². The minimum Gasteiger partial charge on any atom is -0.389 e. The summed E-state index contributed by atoms with van der Waals surface area (Å²) in [5.74, 6) is 0.944. The molecule has 92 valence electrons. The van der Waals surface area contributed by atoms with Crippen molar-refractivity contribution in [1.29, 1.82) is 0 Å². The molecule has 0 aromatic carbocycles. The van der Waals surface area contributed by atoms with Crippen LogP contribution in [0.4, 0.5) is 5.82 Å². The molecule has 1 aromatic heterocycles. The van der Waals surface area contributed by atoms with Crippen molar-refractivity contribution in [3.8, 4) is 0 Å². The average Bonchev–Trinajstić information content (AvgIpc) is 2.39. The molecule has 0 radical (unpaired) electrons. The van der Waals surface area contributed by atoms with E-state index in [-0.39, 0.29) is 0 Å². The van der Waals surface area contributed by atoms with Gasteiger partial charge in [0.25, 0.3) is 0 Å². The molecular formula is C12H17N3S2. The molecule has 17 heavy (non-hydrogen) atoms. The average molecular weight is 267 g/mol. The fraction of sp³-hybridized carbons (Fsp3) is 0.500. The van der Waals surface area contributed by atoms with E-state index in [0.29, 0.717) is 4.99 Å². The first-order valence-electron chi connectivity index (χ1n) is 5.75. The molecule has 1 fully saturated rings. The molecule has 0 bridgehead atoms. The van der Waals surface area contributed by atoms with E-state index >= 15 is 0 Å². The molecule has 1 aliphatic heterocycles. The Morgan fingerprint density at radius 1 is 1.53 bits per heavy atom. The molecule has 3 nitrogen and oxygen atoms in total. The first-order chi connectivity index (χ1) is 8.22. The quantitative estimate of drug-likeness (QED) is 0.849. The second-order valence-corrected chi connectivity index (χ2v) is 5.74. The van der Waals surface area contributed by atoms with Crippen LogP contribution in [0.1, 0.15) is 18.4 Å². The van der Waals surface area contributed by atoms with Gasteiger partial charge in [0.1, 0.15) is 10.8 Å². The third-order valence-corrected chi connectivity index (χ3v) is 4.48. The van der Waals surface area contributed by atoms with Crippen LogP contribution in [0.15, 0.2) is 18.3 Å². The largest absolute Gasteiger partial charge is 0.389 e. The Labute approximate surface area is 112 Å². The lowest BCUT2D eigenvalue weighted by Gasteiger charge is -2.32. The van der Waals surface area contributed by atoms with Gasteiger partial charge in [-0.05, 0) is 31.2 Å². The molecule has 1 saturated heterocycles. The van der Waals surface area contributed by atoms with E-state index in [1.807, 2.05) is 23.9 Å². The first-order valence-corrected chi connectivity index (χ1v) is 7.44. The molecule has 0 saturated carbocycles. The predicted octanol–water partition coefficient (Wildman–Crippen LogP) is 2.05. The van der Waals surface area contributed by atoms with Gasteiger partial charge in [0.15, 0.2) is 0 Å². The van der Waals surface area contributed by atoms with Crippen LogP contribution in [0.25, 0.3) is 0 Å². The maximum atomic E-state index is 5.74. The second kappa shape index (κ2) is 5.69. The summed E-state index contributed by atoms with van der Waals surface area (Å²) in [7, 11) is 0. The number of nitrogens with zero attached hydrogens (tertiary/aromatic N) is 2. The monoisotopic (exact) mass is 267 g/mol. The number of thiocarbonyl (C=S) groups is 1. The van der Waals surface area contributed by atoms with E-state index in [1.54, 1.807) is 6.20 Å². The number of hydrogen-bond donors (Lipinski definition) is 1. The highest BCUT2D eigenvalue weighted by atomic mass is 32.2. The Kier molecular flexibility index (Phi) is 4.23. The van der Waals surface area contributed by atoms with Crippen LogP contribution in [-0.4, -0.2) is 34.6 Å². The molecule has 1 aromatic rings. The maximum absolute atomic E-state index is 5.74. The molecule has 0 amide bonds. The Morgan fingerprint density at radius 2 is 2.24 bits per heavy atom. The van der Waals surface area contributed by atoms with Gasteiger partial charge < -0.3 is 10.6 Å². The number of rotatable bonds is 3. The van der Waals surface area contributed by atoms with Gasteiger partial charge in [-0.15, -0.1) is 0 Å². The van der Waals surface area contributed by atoms with Crippen molar-refractivity contribution < 1.29 is 0 Å². The molecule has 0 spiro atoms. The summed E-state index contributed by atoms with van der Waals surface area (Å²) in [6.45, 7) is 2.08. The van der Waals surface area contributed by atoms with E-state index in [2.05, 4.69) is 16.1 Å².